The molecule has 0 saturated carbocycles. The van der Waals surface area contributed by atoms with Crippen molar-refractivity contribution in [3.05, 3.63) is 64.3 Å². The van der Waals surface area contributed by atoms with E-state index in [-0.39, 0.29) is 5.75 Å². The molecule has 5 heteroatoms. The number of aromatic hydroxyl groups is 1. The number of hydrogen-bond acceptors (Lipinski definition) is 3. The van der Waals surface area contributed by atoms with Gasteiger partial charge in [0.1, 0.15) is 5.75 Å². The van der Waals surface area contributed by atoms with Crippen LogP contribution < -0.4 is 0 Å². The first-order valence-corrected chi connectivity index (χ1v) is 6.96. The van der Waals surface area contributed by atoms with Gasteiger partial charge in [-0.1, -0.05) is 23.2 Å². The first kappa shape index (κ1) is 13.9. The van der Waals surface area contributed by atoms with Crippen LogP contribution in [0.15, 0.2) is 53.5 Å². The number of benzene rings is 2. The molecule has 3 aromatic rings. The quantitative estimate of drug-likeness (QED) is 0.676. The standard InChI is InChI=1S/C16H10Cl2N2O/c17-10-7-15(18)14-6-3-12(20-16(14)8-10)9-19-11-1-4-13(21)5-2-11/h1-9,21H. The molecule has 1 N–H and O–H groups in total. The Morgan fingerprint density at radius 1 is 1.00 bits per heavy atom. The molecule has 3 rings (SSSR count). The maximum Gasteiger partial charge on any atom is 0.115 e. The number of nitrogens with zero attached hydrogens (tertiary/aromatic N) is 2. The third kappa shape index (κ3) is 3.15. The van der Waals surface area contributed by atoms with Crippen molar-refractivity contribution >= 4 is 46.0 Å². The predicted octanol–water partition coefficient (Wildman–Crippen LogP) is 5.00. The average Bonchev–Trinajstić information content (AvgIpc) is 2.46. The van der Waals surface area contributed by atoms with E-state index in [4.69, 9.17) is 23.2 Å². The predicted molar refractivity (Wildman–Crippen MR) is 87.1 cm³/mol. The summed E-state index contributed by atoms with van der Waals surface area (Å²) in [6.07, 6.45) is 1.65. The van der Waals surface area contributed by atoms with Crippen LogP contribution in [0.25, 0.3) is 10.9 Å². The molecular weight excluding hydrogens is 307 g/mol. The molecule has 1 heterocycles. The molecule has 0 fully saturated rings. The Morgan fingerprint density at radius 2 is 1.76 bits per heavy atom. The summed E-state index contributed by atoms with van der Waals surface area (Å²) in [5, 5.41) is 11.2. The topological polar surface area (TPSA) is 45.5 Å². The molecular formula is C16H10Cl2N2O. The number of fused-ring (bicyclic) bond motifs is 1. The summed E-state index contributed by atoms with van der Waals surface area (Å²) in [4.78, 5) is 8.77. The molecule has 21 heavy (non-hydrogen) atoms. The second-order valence-corrected chi connectivity index (χ2v) is 5.31. The van der Waals surface area contributed by atoms with E-state index in [1.54, 1.807) is 42.6 Å². The number of phenolic OH excluding ortho intramolecular Hbond substituents is 1. The van der Waals surface area contributed by atoms with Gasteiger partial charge in [0.2, 0.25) is 0 Å². The highest BCUT2D eigenvalue weighted by molar-refractivity contribution is 6.38. The van der Waals surface area contributed by atoms with Crippen molar-refractivity contribution in [2.24, 2.45) is 4.99 Å². The molecule has 0 amide bonds. The minimum Gasteiger partial charge on any atom is -0.508 e. The number of rotatable bonds is 2. The molecule has 0 aliphatic carbocycles. The van der Waals surface area contributed by atoms with Gasteiger partial charge < -0.3 is 5.11 Å². The van der Waals surface area contributed by atoms with Crippen LogP contribution in [0.4, 0.5) is 5.69 Å². The Kier molecular flexibility index (Phi) is 3.78. The van der Waals surface area contributed by atoms with E-state index in [9.17, 15) is 5.11 Å². The fourth-order valence-corrected chi connectivity index (χ4v) is 2.47. The number of hydrogen-bond donors (Lipinski definition) is 1. The second kappa shape index (κ2) is 5.72. The van der Waals surface area contributed by atoms with Crippen LogP contribution in [-0.4, -0.2) is 16.3 Å². The van der Waals surface area contributed by atoms with Gasteiger partial charge in [-0.3, -0.25) is 4.99 Å². The van der Waals surface area contributed by atoms with Crippen molar-refractivity contribution in [3.63, 3.8) is 0 Å². The Balaban J connectivity index is 1.96. The van der Waals surface area contributed by atoms with Crippen LogP contribution in [0.3, 0.4) is 0 Å². The maximum atomic E-state index is 9.22. The zero-order chi connectivity index (χ0) is 14.8. The van der Waals surface area contributed by atoms with Crippen LogP contribution >= 0.6 is 23.2 Å². The van der Waals surface area contributed by atoms with Crippen molar-refractivity contribution in [2.75, 3.05) is 0 Å². The monoisotopic (exact) mass is 316 g/mol. The summed E-state index contributed by atoms with van der Waals surface area (Å²) >= 11 is 12.1. The van der Waals surface area contributed by atoms with Crippen molar-refractivity contribution < 1.29 is 5.11 Å². The number of pyridine rings is 1. The summed E-state index contributed by atoms with van der Waals surface area (Å²) in [5.41, 5.74) is 2.16. The van der Waals surface area contributed by atoms with E-state index in [1.165, 1.54) is 0 Å². The molecule has 104 valence electrons. The third-order valence-electron chi connectivity index (χ3n) is 2.94. The van der Waals surface area contributed by atoms with Gasteiger partial charge in [-0.15, -0.1) is 0 Å². The largest absolute Gasteiger partial charge is 0.508 e. The smallest absolute Gasteiger partial charge is 0.115 e. The summed E-state index contributed by atoms with van der Waals surface area (Å²) in [6.45, 7) is 0. The molecule has 0 aliphatic rings. The summed E-state index contributed by atoms with van der Waals surface area (Å²) in [7, 11) is 0. The van der Waals surface area contributed by atoms with E-state index < -0.39 is 0 Å². The van der Waals surface area contributed by atoms with Crippen molar-refractivity contribution in [1.82, 2.24) is 4.98 Å². The molecule has 0 atom stereocenters. The fourth-order valence-electron chi connectivity index (χ4n) is 1.93. The summed E-state index contributed by atoms with van der Waals surface area (Å²) in [6, 6.07) is 13.8. The van der Waals surface area contributed by atoms with Crippen LogP contribution in [0.1, 0.15) is 5.69 Å². The second-order valence-electron chi connectivity index (χ2n) is 4.47. The van der Waals surface area contributed by atoms with Gasteiger partial charge >= 0.3 is 0 Å². The Labute approximate surface area is 131 Å². The molecule has 0 radical (unpaired) electrons. The minimum atomic E-state index is 0.210. The highest BCUT2D eigenvalue weighted by Gasteiger charge is 2.03. The van der Waals surface area contributed by atoms with Gasteiger partial charge in [0, 0.05) is 10.4 Å². The molecule has 3 nitrogen and oxygen atoms in total. The van der Waals surface area contributed by atoms with Gasteiger partial charge in [0.25, 0.3) is 0 Å². The maximum absolute atomic E-state index is 9.22. The minimum absolute atomic E-state index is 0.210. The van der Waals surface area contributed by atoms with Gasteiger partial charge in [-0.05, 0) is 48.5 Å². The molecule has 0 spiro atoms. The third-order valence-corrected chi connectivity index (χ3v) is 3.47. The van der Waals surface area contributed by atoms with Crippen LogP contribution in [-0.2, 0) is 0 Å². The number of halogens is 2. The number of phenols is 1. The normalized spacial score (nSPS) is 11.3. The van der Waals surface area contributed by atoms with E-state index in [2.05, 4.69) is 9.98 Å². The first-order valence-electron chi connectivity index (χ1n) is 6.21. The lowest BCUT2D eigenvalue weighted by Crippen LogP contribution is -1.89. The zero-order valence-corrected chi connectivity index (χ0v) is 12.3. The lowest BCUT2D eigenvalue weighted by molar-refractivity contribution is 0.475. The Hall–Kier alpha value is -2.10. The molecule has 0 bridgehead atoms. The van der Waals surface area contributed by atoms with Crippen LogP contribution in [0, 0.1) is 0 Å². The summed E-state index contributed by atoms with van der Waals surface area (Å²) in [5.74, 6) is 0.210. The SMILES string of the molecule is Oc1ccc(N=Cc2ccc3c(Cl)cc(Cl)cc3n2)cc1. The lowest BCUT2D eigenvalue weighted by atomic mass is 10.2. The van der Waals surface area contributed by atoms with Crippen molar-refractivity contribution in [2.45, 2.75) is 0 Å². The van der Waals surface area contributed by atoms with Gasteiger partial charge in [-0.2, -0.15) is 0 Å². The highest BCUT2D eigenvalue weighted by atomic mass is 35.5. The lowest BCUT2D eigenvalue weighted by Gasteiger charge is -2.02. The van der Waals surface area contributed by atoms with Gasteiger partial charge in [0.05, 0.1) is 28.1 Å². The zero-order valence-electron chi connectivity index (χ0n) is 10.8. The molecule has 1 aromatic heterocycles. The first-order chi connectivity index (χ1) is 10.1. The molecule has 0 unspecified atom stereocenters. The van der Waals surface area contributed by atoms with E-state index in [1.807, 2.05) is 12.1 Å². The molecule has 2 aromatic carbocycles. The Bertz CT molecular complexity index is 830. The van der Waals surface area contributed by atoms with E-state index in [0.717, 1.165) is 16.6 Å². The number of aromatic nitrogens is 1. The average molecular weight is 317 g/mol. The Morgan fingerprint density at radius 3 is 2.52 bits per heavy atom. The molecule has 0 aliphatic heterocycles. The number of aliphatic imine (C=N–C) groups is 1. The summed E-state index contributed by atoms with van der Waals surface area (Å²) < 4.78 is 0. The highest BCUT2D eigenvalue weighted by Crippen LogP contribution is 2.26. The van der Waals surface area contributed by atoms with Crippen molar-refractivity contribution in [1.29, 1.82) is 0 Å². The van der Waals surface area contributed by atoms with E-state index >= 15 is 0 Å². The fraction of sp³-hybridized carbons (Fsp3) is 0. The van der Waals surface area contributed by atoms with Crippen LogP contribution in [0.5, 0.6) is 5.75 Å². The van der Waals surface area contributed by atoms with Gasteiger partial charge in [0.15, 0.2) is 0 Å². The van der Waals surface area contributed by atoms with Gasteiger partial charge in [-0.25, -0.2) is 4.98 Å². The molecule has 0 saturated heterocycles. The van der Waals surface area contributed by atoms with E-state index in [0.29, 0.717) is 15.7 Å². The van der Waals surface area contributed by atoms with Crippen LogP contribution in [0.2, 0.25) is 10.0 Å². The van der Waals surface area contributed by atoms with Crippen molar-refractivity contribution in [3.8, 4) is 5.75 Å².